The van der Waals surface area contributed by atoms with Crippen molar-refractivity contribution in [3.8, 4) is 5.75 Å². The lowest BCUT2D eigenvalue weighted by molar-refractivity contribution is -0.131. The van der Waals surface area contributed by atoms with Crippen LogP contribution in [-0.2, 0) is 14.8 Å². The number of nitrogens with one attached hydrogen (secondary N) is 2. The normalized spacial score (nSPS) is 10.9. The second kappa shape index (κ2) is 8.92. The average molecular weight is 440 g/mol. The Labute approximate surface area is 179 Å². The van der Waals surface area contributed by atoms with Gasteiger partial charge in [0, 0.05) is 24.4 Å². The molecule has 1 amide bonds. The van der Waals surface area contributed by atoms with Crippen molar-refractivity contribution in [3.63, 3.8) is 0 Å². The highest BCUT2D eigenvalue weighted by atomic mass is 32.2. The maximum atomic E-state index is 12.6. The van der Waals surface area contributed by atoms with Gasteiger partial charge in [0.15, 0.2) is 0 Å². The van der Waals surface area contributed by atoms with Gasteiger partial charge in [0.25, 0.3) is 15.9 Å². The van der Waals surface area contributed by atoms with E-state index in [9.17, 15) is 18.0 Å². The summed E-state index contributed by atoms with van der Waals surface area (Å²) in [5, 5.41) is 2.65. The molecule has 0 atom stereocenters. The third kappa shape index (κ3) is 5.64. The summed E-state index contributed by atoms with van der Waals surface area (Å²) in [5.74, 6) is -0.297. The van der Waals surface area contributed by atoms with Crippen molar-refractivity contribution in [1.82, 2.24) is 9.97 Å². The van der Waals surface area contributed by atoms with Gasteiger partial charge in [-0.25, -0.2) is 18.4 Å². The third-order valence-corrected chi connectivity index (χ3v) is 5.38. The zero-order valence-electron chi connectivity index (χ0n) is 17.0. The van der Waals surface area contributed by atoms with Crippen LogP contribution in [0.2, 0.25) is 0 Å². The van der Waals surface area contributed by atoms with Crippen molar-refractivity contribution >= 4 is 33.4 Å². The van der Waals surface area contributed by atoms with E-state index < -0.39 is 21.9 Å². The number of amides is 1. The van der Waals surface area contributed by atoms with E-state index in [-0.39, 0.29) is 22.0 Å². The van der Waals surface area contributed by atoms with Gasteiger partial charge >= 0.3 is 5.97 Å². The molecule has 0 aliphatic rings. The molecular weight excluding hydrogens is 420 g/mol. The predicted molar refractivity (Wildman–Crippen MR) is 114 cm³/mol. The molecule has 0 saturated carbocycles. The Hall–Kier alpha value is -3.79. The molecule has 0 radical (unpaired) electrons. The summed E-state index contributed by atoms with van der Waals surface area (Å²) in [6, 6.07) is 13.5. The molecule has 0 spiro atoms. The minimum atomic E-state index is -3.87. The SMILES string of the molecule is CC(=O)Oc1ccccc1C(=O)Nc1ccc(S(=O)(=O)Nc2cc(C)nc(C)n2)cc1. The van der Waals surface area contributed by atoms with Crippen molar-refractivity contribution < 1.29 is 22.7 Å². The largest absolute Gasteiger partial charge is 0.426 e. The summed E-state index contributed by atoms with van der Waals surface area (Å²) in [5.41, 5.74) is 1.18. The van der Waals surface area contributed by atoms with Gasteiger partial charge in [-0.15, -0.1) is 0 Å². The molecule has 0 aliphatic heterocycles. The molecule has 0 saturated heterocycles. The van der Waals surface area contributed by atoms with E-state index in [2.05, 4.69) is 20.0 Å². The Kier molecular flexibility index (Phi) is 6.30. The smallest absolute Gasteiger partial charge is 0.308 e. The molecule has 31 heavy (non-hydrogen) atoms. The number of aromatic nitrogens is 2. The summed E-state index contributed by atoms with van der Waals surface area (Å²) in [6.45, 7) is 4.65. The lowest BCUT2D eigenvalue weighted by Crippen LogP contribution is -2.16. The first kappa shape index (κ1) is 21.9. The van der Waals surface area contributed by atoms with E-state index in [1.54, 1.807) is 26.0 Å². The van der Waals surface area contributed by atoms with Crippen LogP contribution in [0.1, 0.15) is 28.8 Å². The Balaban J connectivity index is 1.76. The van der Waals surface area contributed by atoms with Gasteiger partial charge in [-0.05, 0) is 50.2 Å². The highest BCUT2D eigenvalue weighted by Gasteiger charge is 2.17. The van der Waals surface area contributed by atoms with Crippen LogP contribution in [0.15, 0.2) is 59.5 Å². The number of hydrogen-bond donors (Lipinski definition) is 2. The van der Waals surface area contributed by atoms with Gasteiger partial charge in [0.1, 0.15) is 17.4 Å². The zero-order valence-corrected chi connectivity index (χ0v) is 17.9. The number of esters is 1. The molecule has 3 aromatic rings. The number of sulfonamides is 1. The Bertz CT molecular complexity index is 1220. The number of anilines is 2. The van der Waals surface area contributed by atoms with Crippen molar-refractivity contribution in [2.45, 2.75) is 25.7 Å². The van der Waals surface area contributed by atoms with Gasteiger partial charge < -0.3 is 10.1 Å². The molecule has 1 aromatic heterocycles. The van der Waals surface area contributed by atoms with Crippen LogP contribution in [0.4, 0.5) is 11.5 Å². The van der Waals surface area contributed by atoms with Crippen LogP contribution in [0.25, 0.3) is 0 Å². The van der Waals surface area contributed by atoms with Crippen molar-refractivity contribution in [3.05, 3.63) is 71.7 Å². The molecule has 0 aliphatic carbocycles. The van der Waals surface area contributed by atoms with Gasteiger partial charge in [0.05, 0.1) is 10.5 Å². The molecule has 10 heteroatoms. The van der Waals surface area contributed by atoms with Crippen LogP contribution in [0, 0.1) is 13.8 Å². The van der Waals surface area contributed by atoms with E-state index in [1.165, 1.54) is 49.4 Å². The number of carbonyl (C=O) groups excluding carboxylic acids is 2. The first-order valence-corrected chi connectivity index (χ1v) is 10.7. The maximum absolute atomic E-state index is 12.6. The fourth-order valence-electron chi connectivity index (χ4n) is 2.78. The summed E-state index contributed by atoms with van der Waals surface area (Å²) in [7, 11) is -3.87. The Morgan fingerprint density at radius 1 is 0.968 bits per heavy atom. The number of aryl methyl sites for hydroxylation is 2. The number of rotatable bonds is 6. The number of benzene rings is 2. The lowest BCUT2D eigenvalue weighted by Gasteiger charge is -2.11. The summed E-state index contributed by atoms with van der Waals surface area (Å²) in [6.07, 6.45) is 0. The second-order valence-electron chi connectivity index (χ2n) is 6.62. The highest BCUT2D eigenvalue weighted by Crippen LogP contribution is 2.21. The standard InChI is InChI=1S/C21H20N4O5S/c1-13-12-20(23-14(2)22-13)25-31(28,29)17-10-8-16(9-11-17)24-21(27)18-6-4-5-7-19(18)30-15(3)26/h4-12H,1-3H3,(H,24,27)(H,22,23,25). The molecule has 9 nitrogen and oxygen atoms in total. The third-order valence-electron chi connectivity index (χ3n) is 4.01. The van der Waals surface area contributed by atoms with Crippen molar-refractivity contribution in [2.24, 2.45) is 0 Å². The first-order valence-electron chi connectivity index (χ1n) is 9.18. The van der Waals surface area contributed by atoms with Crippen LogP contribution in [0.5, 0.6) is 5.75 Å². The zero-order chi connectivity index (χ0) is 22.6. The number of hydrogen-bond acceptors (Lipinski definition) is 7. The molecular formula is C21H20N4O5S. The van der Waals surface area contributed by atoms with Gasteiger partial charge in [-0.1, -0.05) is 12.1 Å². The van der Waals surface area contributed by atoms with Crippen LogP contribution in [0.3, 0.4) is 0 Å². The van der Waals surface area contributed by atoms with Gasteiger partial charge in [0.2, 0.25) is 0 Å². The minimum Gasteiger partial charge on any atom is -0.426 e. The lowest BCUT2D eigenvalue weighted by atomic mass is 10.2. The number of nitrogens with zero attached hydrogens (tertiary/aromatic N) is 2. The van der Waals surface area contributed by atoms with Crippen LogP contribution >= 0.6 is 0 Å². The number of carbonyl (C=O) groups is 2. The monoisotopic (exact) mass is 440 g/mol. The van der Waals surface area contributed by atoms with Crippen LogP contribution < -0.4 is 14.8 Å². The highest BCUT2D eigenvalue weighted by molar-refractivity contribution is 7.92. The predicted octanol–water partition coefficient (Wildman–Crippen LogP) is 3.07. The molecule has 160 valence electrons. The fraction of sp³-hybridized carbons (Fsp3) is 0.143. The topological polar surface area (TPSA) is 127 Å². The van der Waals surface area contributed by atoms with Gasteiger partial charge in [-0.2, -0.15) is 0 Å². The van der Waals surface area contributed by atoms with E-state index in [4.69, 9.17) is 4.74 Å². The summed E-state index contributed by atoms with van der Waals surface area (Å²) < 4.78 is 32.7. The molecule has 1 heterocycles. The number of para-hydroxylation sites is 1. The maximum Gasteiger partial charge on any atom is 0.308 e. The number of ether oxygens (including phenoxy) is 1. The second-order valence-corrected chi connectivity index (χ2v) is 8.30. The Morgan fingerprint density at radius 3 is 2.29 bits per heavy atom. The minimum absolute atomic E-state index is 0.000250. The van der Waals surface area contributed by atoms with E-state index in [1.807, 2.05) is 0 Å². The molecule has 0 unspecified atom stereocenters. The van der Waals surface area contributed by atoms with Crippen molar-refractivity contribution in [1.29, 1.82) is 0 Å². The molecule has 0 bridgehead atoms. The van der Waals surface area contributed by atoms with E-state index >= 15 is 0 Å². The van der Waals surface area contributed by atoms with Crippen molar-refractivity contribution in [2.75, 3.05) is 10.0 Å². The van der Waals surface area contributed by atoms with Crippen LogP contribution in [-0.4, -0.2) is 30.3 Å². The summed E-state index contributed by atoms with van der Waals surface area (Å²) >= 11 is 0. The molecule has 3 rings (SSSR count). The Morgan fingerprint density at radius 2 is 1.65 bits per heavy atom. The summed E-state index contributed by atoms with van der Waals surface area (Å²) in [4.78, 5) is 32.0. The van der Waals surface area contributed by atoms with Gasteiger partial charge in [-0.3, -0.25) is 14.3 Å². The average Bonchev–Trinajstić information content (AvgIpc) is 2.67. The first-order chi connectivity index (χ1) is 14.6. The van der Waals surface area contributed by atoms with E-state index in [0.717, 1.165) is 0 Å². The molecule has 0 fully saturated rings. The molecule has 2 aromatic carbocycles. The van der Waals surface area contributed by atoms with E-state index in [0.29, 0.717) is 17.2 Å². The molecule has 2 N–H and O–H groups in total. The fourth-order valence-corrected chi connectivity index (χ4v) is 3.77. The quantitative estimate of drug-likeness (QED) is 0.445.